The van der Waals surface area contributed by atoms with Gasteiger partial charge in [0.2, 0.25) is 5.91 Å². The number of hydrogen-bond donors (Lipinski definition) is 0. The van der Waals surface area contributed by atoms with Crippen LogP contribution in [-0.4, -0.2) is 33.4 Å². The van der Waals surface area contributed by atoms with Gasteiger partial charge in [-0.3, -0.25) is 4.79 Å². The first-order valence-electron chi connectivity index (χ1n) is 9.41. The van der Waals surface area contributed by atoms with Crippen LogP contribution in [0.4, 0.5) is 0 Å². The number of carbonyl (C=O) groups is 1. The molecule has 0 saturated carbocycles. The molecule has 0 radical (unpaired) electrons. The Morgan fingerprint density at radius 1 is 1.28 bits per heavy atom. The van der Waals surface area contributed by atoms with Crippen molar-refractivity contribution in [2.75, 3.05) is 13.1 Å². The van der Waals surface area contributed by atoms with E-state index in [9.17, 15) is 4.79 Å². The molecule has 2 aromatic rings. The van der Waals surface area contributed by atoms with Gasteiger partial charge in [0.25, 0.3) is 0 Å². The molecule has 1 aliphatic rings. The number of imidazole rings is 1. The third-order valence-electron chi connectivity index (χ3n) is 5.13. The molecule has 1 aromatic carbocycles. The van der Waals surface area contributed by atoms with Gasteiger partial charge in [-0.05, 0) is 45.6 Å². The van der Waals surface area contributed by atoms with Gasteiger partial charge in [0.15, 0.2) is 0 Å². The van der Waals surface area contributed by atoms with Crippen LogP contribution in [0.5, 0.6) is 0 Å². The summed E-state index contributed by atoms with van der Waals surface area (Å²) in [6, 6.07) is 10.8. The molecule has 0 bridgehead atoms. The van der Waals surface area contributed by atoms with E-state index >= 15 is 0 Å². The highest BCUT2D eigenvalue weighted by Crippen LogP contribution is 2.29. The third kappa shape index (κ3) is 4.12. The first kappa shape index (κ1) is 17.7. The van der Waals surface area contributed by atoms with Gasteiger partial charge >= 0.3 is 0 Å². The van der Waals surface area contributed by atoms with Crippen molar-refractivity contribution in [2.24, 2.45) is 0 Å². The molecule has 1 saturated heterocycles. The summed E-state index contributed by atoms with van der Waals surface area (Å²) in [7, 11) is 0. The standard InChI is InChI=1S/C21H29N3O/c1-16(2)24-17(3)14-22-21(24)19-12-13-23(15-19)20(25)11-7-10-18-8-5-4-6-9-18/h4-6,8-9,14,16,19H,7,10-13,15H2,1-3H3. The van der Waals surface area contributed by atoms with Gasteiger partial charge in [0.05, 0.1) is 0 Å². The van der Waals surface area contributed by atoms with Gasteiger partial charge in [-0.2, -0.15) is 0 Å². The van der Waals surface area contributed by atoms with E-state index in [0.29, 0.717) is 18.4 Å². The number of amides is 1. The molecule has 134 valence electrons. The lowest BCUT2D eigenvalue weighted by molar-refractivity contribution is -0.130. The summed E-state index contributed by atoms with van der Waals surface area (Å²) in [5, 5.41) is 0. The molecule has 1 atom stereocenters. The van der Waals surface area contributed by atoms with E-state index in [1.165, 1.54) is 11.3 Å². The van der Waals surface area contributed by atoms with Crippen molar-refractivity contribution in [3.8, 4) is 0 Å². The smallest absolute Gasteiger partial charge is 0.222 e. The van der Waals surface area contributed by atoms with E-state index < -0.39 is 0 Å². The molecule has 4 heteroatoms. The third-order valence-corrected chi connectivity index (χ3v) is 5.13. The van der Waals surface area contributed by atoms with Crippen LogP contribution in [0.3, 0.4) is 0 Å². The monoisotopic (exact) mass is 339 g/mol. The zero-order chi connectivity index (χ0) is 17.8. The molecular formula is C21H29N3O. The van der Waals surface area contributed by atoms with Crippen LogP contribution >= 0.6 is 0 Å². The normalized spacial score (nSPS) is 17.4. The number of hydrogen-bond acceptors (Lipinski definition) is 2. The first-order valence-corrected chi connectivity index (χ1v) is 9.41. The largest absolute Gasteiger partial charge is 0.342 e. The second kappa shape index (κ2) is 7.85. The summed E-state index contributed by atoms with van der Waals surface area (Å²) < 4.78 is 2.31. The quantitative estimate of drug-likeness (QED) is 0.794. The zero-order valence-corrected chi connectivity index (χ0v) is 15.6. The Labute approximate surface area is 150 Å². The lowest BCUT2D eigenvalue weighted by Gasteiger charge is -2.19. The van der Waals surface area contributed by atoms with Gasteiger partial charge in [0.1, 0.15) is 5.82 Å². The summed E-state index contributed by atoms with van der Waals surface area (Å²) in [6.07, 6.45) is 5.51. The molecule has 0 spiro atoms. The van der Waals surface area contributed by atoms with Crippen LogP contribution in [-0.2, 0) is 11.2 Å². The molecule has 0 aliphatic carbocycles. The number of aromatic nitrogens is 2. The number of nitrogens with zero attached hydrogens (tertiary/aromatic N) is 3. The van der Waals surface area contributed by atoms with Crippen molar-refractivity contribution in [3.63, 3.8) is 0 Å². The number of carbonyl (C=O) groups excluding carboxylic acids is 1. The van der Waals surface area contributed by atoms with Gasteiger partial charge in [-0.15, -0.1) is 0 Å². The van der Waals surface area contributed by atoms with E-state index in [-0.39, 0.29) is 5.91 Å². The molecule has 1 fully saturated rings. The predicted octanol–water partition coefficient (Wildman–Crippen LogP) is 4.11. The van der Waals surface area contributed by atoms with E-state index in [4.69, 9.17) is 0 Å². The van der Waals surface area contributed by atoms with Gasteiger partial charge in [0, 0.05) is 43.4 Å². The second-order valence-electron chi connectivity index (χ2n) is 7.39. The molecular weight excluding hydrogens is 310 g/mol. The van der Waals surface area contributed by atoms with Crippen molar-refractivity contribution < 1.29 is 4.79 Å². The van der Waals surface area contributed by atoms with Crippen molar-refractivity contribution in [1.82, 2.24) is 14.5 Å². The Kier molecular flexibility index (Phi) is 5.57. The van der Waals surface area contributed by atoms with Crippen molar-refractivity contribution in [2.45, 2.75) is 58.4 Å². The minimum Gasteiger partial charge on any atom is -0.342 e. The van der Waals surface area contributed by atoms with Gasteiger partial charge < -0.3 is 9.47 Å². The fourth-order valence-corrected chi connectivity index (χ4v) is 3.88. The minimum absolute atomic E-state index is 0.290. The minimum atomic E-state index is 0.290. The Hall–Kier alpha value is -2.10. The SMILES string of the molecule is Cc1cnc(C2CCN(C(=O)CCCc3ccccc3)C2)n1C(C)C. The fourth-order valence-electron chi connectivity index (χ4n) is 3.88. The Balaban J connectivity index is 1.53. The Bertz CT molecular complexity index is 705. The van der Waals surface area contributed by atoms with Crippen molar-refractivity contribution in [1.29, 1.82) is 0 Å². The summed E-state index contributed by atoms with van der Waals surface area (Å²) in [5.41, 5.74) is 2.52. The van der Waals surface area contributed by atoms with E-state index in [0.717, 1.165) is 38.2 Å². The molecule has 3 rings (SSSR count). The summed E-state index contributed by atoms with van der Waals surface area (Å²) in [6.45, 7) is 8.17. The van der Waals surface area contributed by atoms with Crippen LogP contribution < -0.4 is 0 Å². The van der Waals surface area contributed by atoms with E-state index in [1.54, 1.807) is 0 Å². The number of likely N-dealkylation sites (tertiary alicyclic amines) is 1. The maximum Gasteiger partial charge on any atom is 0.222 e. The van der Waals surface area contributed by atoms with Crippen LogP contribution in [0.15, 0.2) is 36.5 Å². The van der Waals surface area contributed by atoms with Crippen molar-refractivity contribution >= 4 is 5.91 Å². The molecule has 25 heavy (non-hydrogen) atoms. The van der Waals surface area contributed by atoms with Crippen LogP contribution in [0.2, 0.25) is 0 Å². The van der Waals surface area contributed by atoms with Crippen LogP contribution in [0.25, 0.3) is 0 Å². The summed E-state index contributed by atoms with van der Waals surface area (Å²) >= 11 is 0. The zero-order valence-electron chi connectivity index (χ0n) is 15.6. The molecule has 0 N–H and O–H groups in total. The lowest BCUT2D eigenvalue weighted by Crippen LogP contribution is -2.28. The highest BCUT2D eigenvalue weighted by Gasteiger charge is 2.30. The number of aryl methyl sites for hydroxylation is 2. The summed E-state index contributed by atoms with van der Waals surface area (Å²) in [5.74, 6) is 1.80. The molecule has 1 unspecified atom stereocenters. The summed E-state index contributed by atoms with van der Waals surface area (Å²) in [4.78, 5) is 19.2. The Morgan fingerprint density at radius 2 is 2.04 bits per heavy atom. The molecule has 1 aromatic heterocycles. The highest BCUT2D eigenvalue weighted by molar-refractivity contribution is 5.76. The molecule has 2 heterocycles. The van der Waals surface area contributed by atoms with Gasteiger partial charge in [-0.1, -0.05) is 30.3 Å². The van der Waals surface area contributed by atoms with Crippen molar-refractivity contribution in [3.05, 3.63) is 53.6 Å². The van der Waals surface area contributed by atoms with Crippen LogP contribution in [0, 0.1) is 6.92 Å². The number of benzene rings is 1. The average Bonchev–Trinajstić information content (AvgIpc) is 3.22. The maximum atomic E-state index is 12.5. The topological polar surface area (TPSA) is 38.1 Å². The lowest BCUT2D eigenvalue weighted by atomic mass is 10.1. The highest BCUT2D eigenvalue weighted by atomic mass is 16.2. The predicted molar refractivity (Wildman–Crippen MR) is 101 cm³/mol. The van der Waals surface area contributed by atoms with E-state index in [2.05, 4.69) is 54.6 Å². The molecule has 4 nitrogen and oxygen atoms in total. The fraction of sp³-hybridized carbons (Fsp3) is 0.524. The molecule has 1 aliphatic heterocycles. The molecule has 1 amide bonds. The number of rotatable bonds is 6. The van der Waals surface area contributed by atoms with Gasteiger partial charge in [-0.25, -0.2) is 4.98 Å². The average molecular weight is 339 g/mol. The van der Waals surface area contributed by atoms with E-state index in [1.807, 2.05) is 17.2 Å². The second-order valence-corrected chi connectivity index (χ2v) is 7.39. The van der Waals surface area contributed by atoms with Crippen LogP contribution in [0.1, 0.15) is 62.2 Å². The Morgan fingerprint density at radius 3 is 2.76 bits per heavy atom. The first-order chi connectivity index (χ1) is 12.1. The maximum absolute atomic E-state index is 12.5.